The third-order valence-corrected chi connectivity index (χ3v) is 2.63. The summed E-state index contributed by atoms with van der Waals surface area (Å²) in [4.78, 5) is 0. The van der Waals surface area contributed by atoms with E-state index in [0.29, 0.717) is 13.2 Å². The first kappa shape index (κ1) is 16.0. The summed E-state index contributed by atoms with van der Waals surface area (Å²) in [6, 6.07) is 6.35. The number of hydrogen-bond donors (Lipinski definition) is 1. The van der Waals surface area contributed by atoms with Crippen LogP contribution in [-0.2, 0) is 11.2 Å². The zero-order valence-electron chi connectivity index (χ0n) is 12.8. The molecular formula is C16H27NO2. The first-order chi connectivity index (χ1) is 8.78. The van der Waals surface area contributed by atoms with Crippen molar-refractivity contribution in [2.45, 2.75) is 52.7 Å². The Morgan fingerprint density at radius 1 is 1.21 bits per heavy atom. The van der Waals surface area contributed by atoms with Gasteiger partial charge >= 0.3 is 0 Å². The number of hydrogen-bond acceptors (Lipinski definition) is 3. The van der Waals surface area contributed by atoms with Crippen LogP contribution in [0.25, 0.3) is 0 Å². The highest BCUT2D eigenvalue weighted by Crippen LogP contribution is 2.21. The van der Waals surface area contributed by atoms with Crippen molar-refractivity contribution in [1.82, 2.24) is 0 Å². The summed E-state index contributed by atoms with van der Waals surface area (Å²) in [5.74, 6) is 0.917. The van der Waals surface area contributed by atoms with Crippen LogP contribution < -0.4 is 10.5 Å². The summed E-state index contributed by atoms with van der Waals surface area (Å²) < 4.78 is 11.5. The van der Waals surface area contributed by atoms with E-state index in [1.54, 1.807) is 0 Å². The SMILES string of the molecule is Cc1ccc(OCCOC(C)(C)C)c(CC(C)N)c1. The van der Waals surface area contributed by atoms with Gasteiger partial charge in [0.05, 0.1) is 12.2 Å². The van der Waals surface area contributed by atoms with Gasteiger partial charge in [-0.05, 0) is 52.7 Å². The highest BCUT2D eigenvalue weighted by Gasteiger charge is 2.10. The van der Waals surface area contributed by atoms with Crippen molar-refractivity contribution in [2.75, 3.05) is 13.2 Å². The fourth-order valence-corrected chi connectivity index (χ4v) is 1.85. The molecule has 0 fully saturated rings. The third kappa shape index (κ3) is 6.60. The molecule has 1 unspecified atom stereocenters. The maximum absolute atomic E-state index is 5.88. The number of aryl methyl sites for hydroxylation is 1. The topological polar surface area (TPSA) is 44.5 Å². The van der Waals surface area contributed by atoms with E-state index in [4.69, 9.17) is 15.2 Å². The molecule has 0 aliphatic rings. The van der Waals surface area contributed by atoms with Crippen molar-refractivity contribution in [3.8, 4) is 5.75 Å². The summed E-state index contributed by atoms with van der Waals surface area (Å²) in [5.41, 5.74) is 8.16. The van der Waals surface area contributed by atoms with E-state index in [2.05, 4.69) is 19.1 Å². The number of nitrogens with two attached hydrogens (primary N) is 1. The van der Waals surface area contributed by atoms with Gasteiger partial charge in [-0.2, -0.15) is 0 Å². The Labute approximate surface area is 117 Å². The molecule has 0 bridgehead atoms. The van der Waals surface area contributed by atoms with E-state index >= 15 is 0 Å². The molecule has 19 heavy (non-hydrogen) atoms. The van der Waals surface area contributed by atoms with Gasteiger partial charge in [0.15, 0.2) is 0 Å². The van der Waals surface area contributed by atoms with Crippen molar-refractivity contribution in [1.29, 1.82) is 0 Å². The molecule has 2 N–H and O–H groups in total. The van der Waals surface area contributed by atoms with Crippen LogP contribution in [-0.4, -0.2) is 24.9 Å². The van der Waals surface area contributed by atoms with Gasteiger partial charge in [-0.15, -0.1) is 0 Å². The van der Waals surface area contributed by atoms with Crippen molar-refractivity contribution in [3.63, 3.8) is 0 Å². The molecule has 3 heteroatoms. The van der Waals surface area contributed by atoms with Crippen LogP contribution in [0.2, 0.25) is 0 Å². The van der Waals surface area contributed by atoms with Gasteiger partial charge in [0.25, 0.3) is 0 Å². The van der Waals surface area contributed by atoms with Crippen LogP contribution in [0.4, 0.5) is 0 Å². The molecule has 1 atom stereocenters. The Morgan fingerprint density at radius 3 is 2.47 bits per heavy atom. The molecule has 1 aromatic rings. The monoisotopic (exact) mass is 265 g/mol. The Balaban J connectivity index is 2.57. The summed E-state index contributed by atoms with van der Waals surface area (Å²) in [6.07, 6.45) is 0.830. The quantitative estimate of drug-likeness (QED) is 0.804. The van der Waals surface area contributed by atoms with E-state index in [0.717, 1.165) is 12.2 Å². The highest BCUT2D eigenvalue weighted by molar-refractivity contribution is 5.37. The zero-order valence-corrected chi connectivity index (χ0v) is 12.8. The Morgan fingerprint density at radius 2 is 1.89 bits per heavy atom. The van der Waals surface area contributed by atoms with E-state index in [1.165, 1.54) is 11.1 Å². The molecule has 0 aliphatic heterocycles. The average molecular weight is 265 g/mol. The normalized spacial score (nSPS) is 13.4. The second kappa shape index (κ2) is 6.92. The maximum atomic E-state index is 5.88. The molecule has 1 rings (SSSR count). The second-order valence-electron chi connectivity index (χ2n) is 6.10. The van der Waals surface area contributed by atoms with Gasteiger partial charge in [-0.25, -0.2) is 0 Å². The number of ether oxygens (including phenoxy) is 2. The van der Waals surface area contributed by atoms with Crippen molar-refractivity contribution in [2.24, 2.45) is 5.73 Å². The largest absolute Gasteiger partial charge is 0.491 e. The molecule has 0 saturated carbocycles. The van der Waals surface area contributed by atoms with E-state index in [9.17, 15) is 0 Å². The fourth-order valence-electron chi connectivity index (χ4n) is 1.85. The molecule has 0 amide bonds. The Kier molecular flexibility index (Phi) is 5.83. The van der Waals surface area contributed by atoms with Crippen LogP contribution in [0.1, 0.15) is 38.8 Å². The standard InChI is InChI=1S/C16H27NO2/c1-12-6-7-15(14(10-12)11-13(2)17)18-8-9-19-16(3,4)5/h6-7,10,13H,8-9,11,17H2,1-5H3. The summed E-state index contributed by atoms with van der Waals surface area (Å²) >= 11 is 0. The lowest BCUT2D eigenvalue weighted by Gasteiger charge is -2.20. The predicted octanol–water partition coefficient (Wildman–Crippen LogP) is 3.08. The molecule has 0 aliphatic carbocycles. The Hall–Kier alpha value is -1.06. The second-order valence-corrected chi connectivity index (χ2v) is 6.10. The van der Waals surface area contributed by atoms with Gasteiger partial charge in [-0.3, -0.25) is 0 Å². The summed E-state index contributed by atoms with van der Waals surface area (Å²) in [5, 5.41) is 0. The predicted molar refractivity (Wildman–Crippen MR) is 79.7 cm³/mol. The lowest BCUT2D eigenvalue weighted by molar-refractivity contribution is -0.0163. The van der Waals surface area contributed by atoms with E-state index < -0.39 is 0 Å². The smallest absolute Gasteiger partial charge is 0.122 e. The van der Waals surface area contributed by atoms with Crippen LogP contribution in [0.15, 0.2) is 18.2 Å². The minimum absolute atomic E-state index is 0.120. The van der Waals surface area contributed by atoms with Crippen molar-refractivity contribution >= 4 is 0 Å². The maximum Gasteiger partial charge on any atom is 0.122 e. The lowest BCUT2D eigenvalue weighted by Crippen LogP contribution is -2.23. The summed E-state index contributed by atoms with van der Waals surface area (Å²) in [7, 11) is 0. The molecule has 108 valence electrons. The minimum atomic E-state index is -0.120. The molecule has 3 nitrogen and oxygen atoms in total. The van der Waals surface area contributed by atoms with Gasteiger partial charge in [0, 0.05) is 6.04 Å². The van der Waals surface area contributed by atoms with Crippen LogP contribution in [0, 0.1) is 6.92 Å². The van der Waals surface area contributed by atoms with Crippen LogP contribution >= 0.6 is 0 Å². The minimum Gasteiger partial charge on any atom is -0.491 e. The first-order valence-corrected chi connectivity index (χ1v) is 6.90. The molecule has 1 aromatic carbocycles. The number of rotatable bonds is 6. The third-order valence-electron chi connectivity index (χ3n) is 2.63. The van der Waals surface area contributed by atoms with Gasteiger partial charge in [0.1, 0.15) is 12.4 Å². The van der Waals surface area contributed by atoms with Crippen LogP contribution in [0.3, 0.4) is 0 Å². The summed E-state index contributed by atoms with van der Waals surface area (Å²) in [6.45, 7) is 11.4. The van der Waals surface area contributed by atoms with Crippen LogP contribution in [0.5, 0.6) is 5.75 Å². The Bertz CT molecular complexity index is 394. The fraction of sp³-hybridized carbons (Fsp3) is 0.625. The zero-order chi connectivity index (χ0) is 14.5. The number of benzene rings is 1. The molecule has 0 aromatic heterocycles. The van der Waals surface area contributed by atoms with Gasteiger partial charge in [0.2, 0.25) is 0 Å². The molecule has 0 radical (unpaired) electrons. The van der Waals surface area contributed by atoms with Crippen molar-refractivity contribution < 1.29 is 9.47 Å². The van der Waals surface area contributed by atoms with Crippen molar-refractivity contribution in [3.05, 3.63) is 29.3 Å². The molecule has 0 saturated heterocycles. The highest BCUT2D eigenvalue weighted by atomic mass is 16.5. The van der Waals surface area contributed by atoms with Gasteiger partial charge < -0.3 is 15.2 Å². The van der Waals surface area contributed by atoms with E-state index in [-0.39, 0.29) is 11.6 Å². The molecule has 0 spiro atoms. The first-order valence-electron chi connectivity index (χ1n) is 6.90. The van der Waals surface area contributed by atoms with E-state index in [1.807, 2.05) is 33.8 Å². The average Bonchev–Trinajstić information content (AvgIpc) is 2.24. The lowest BCUT2D eigenvalue weighted by atomic mass is 10.0. The molecular weight excluding hydrogens is 238 g/mol. The van der Waals surface area contributed by atoms with Gasteiger partial charge in [-0.1, -0.05) is 17.7 Å². The molecule has 0 heterocycles.